The summed E-state index contributed by atoms with van der Waals surface area (Å²) in [6.45, 7) is 5.90. The summed E-state index contributed by atoms with van der Waals surface area (Å²) in [5.74, 6) is 0.788. The van der Waals surface area contributed by atoms with Crippen LogP contribution in [0.5, 0.6) is 0 Å². The number of nitrogens with one attached hydrogen (secondary N) is 1. The van der Waals surface area contributed by atoms with E-state index >= 15 is 0 Å². The van der Waals surface area contributed by atoms with Crippen molar-refractivity contribution in [2.45, 2.75) is 26.7 Å². The molecular formula is C11H13BrN4O. The zero-order valence-electron chi connectivity index (χ0n) is 9.86. The van der Waals surface area contributed by atoms with Gasteiger partial charge < -0.3 is 0 Å². The van der Waals surface area contributed by atoms with Crippen LogP contribution in [0.4, 0.5) is 0 Å². The van der Waals surface area contributed by atoms with Gasteiger partial charge in [0.25, 0.3) is 5.56 Å². The summed E-state index contributed by atoms with van der Waals surface area (Å²) in [5, 5.41) is 3.06. The smallest absolute Gasteiger partial charge is 0.287 e. The Morgan fingerprint density at radius 2 is 2.12 bits per heavy atom. The number of rotatable bonds is 2. The molecule has 0 amide bonds. The Bertz CT molecular complexity index is 600. The van der Waals surface area contributed by atoms with E-state index in [0.717, 1.165) is 11.4 Å². The van der Waals surface area contributed by atoms with Crippen molar-refractivity contribution in [3.8, 4) is 5.82 Å². The van der Waals surface area contributed by atoms with Gasteiger partial charge in [0.05, 0.1) is 5.69 Å². The zero-order valence-corrected chi connectivity index (χ0v) is 11.4. The first kappa shape index (κ1) is 12.0. The highest BCUT2D eigenvalue weighted by Gasteiger charge is 2.15. The van der Waals surface area contributed by atoms with Gasteiger partial charge in [-0.2, -0.15) is 0 Å². The molecule has 0 bridgehead atoms. The summed E-state index contributed by atoms with van der Waals surface area (Å²) >= 11 is 3.31. The first-order valence-electron chi connectivity index (χ1n) is 5.30. The normalized spacial score (nSPS) is 11.1. The Balaban J connectivity index is 2.61. The molecule has 2 heterocycles. The molecule has 0 saturated carbocycles. The second kappa shape index (κ2) is 4.44. The quantitative estimate of drug-likeness (QED) is 0.923. The largest absolute Gasteiger partial charge is 0.292 e. The summed E-state index contributed by atoms with van der Waals surface area (Å²) in [6, 6.07) is 1.76. The van der Waals surface area contributed by atoms with E-state index in [2.05, 4.69) is 31.0 Å². The van der Waals surface area contributed by atoms with Gasteiger partial charge in [0.15, 0.2) is 5.82 Å². The first-order chi connectivity index (χ1) is 8.00. The minimum Gasteiger partial charge on any atom is -0.292 e. The third-order valence-electron chi connectivity index (χ3n) is 2.46. The molecule has 1 N–H and O–H groups in total. The van der Waals surface area contributed by atoms with Crippen LogP contribution in [0.15, 0.2) is 21.7 Å². The number of halogens is 1. The molecule has 2 aromatic heterocycles. The summed E-state index contributed by atoms with van der Waals surface area (Å²) in [6.07, 6.45) is 1.45. The molecule has 0 saturated heterocycles. The lowest BCUT2D eigenvalue weighted by molar-refractivity contribution is 0.744. The standard InChI is InChI=1S/C11H13BrN4O/c1-6(2)10-9(12)11(17)16(15-10)8-4-7(3)13-5-14-8/h4-6,15H,1-3H3. The van der Waals surface area contributed by atoms with E-state index < -0.39 is 0 Å². The van der Waals surface area contributed by atoms with Gasteiger partial charge in [0.2, 0.25) is 0 Å². The number of aromatic nitrogens is 4. The number of H-pyrrole nitrogens is 1. The Labute approximate surface area is 107 Å². The highest BCUT2D eigenvalue weighted by molar-refractivity contribution is 9.10. The fraction of sp³-hybridized carbons (Fsp3) is 0.364. The van der Waals surface area contributed by atoms with Gasteiger partial charge in [0.1, 0.15) is 10.8 Å². The summed E-state index contributed by atoms with van der Waals surface area (Å²) < 4.78 is 1.98. The second-order valence-electron chi connectivity index (χ2n) is 4.15. The van der Waals surface area contributed by atoms with Crippen LogP contribution in [0.3, 0.4) is 0 Å². The van der Waals surface area contributed by atoms with E-state index in [4.69, 9.17) is 0 Å². The maximum absolute atomic E-state index is 12.0. The molecule has 0 aromatic carbocycles. The lowest BCUT2D eigenvalue weighted by atomic mass is 10.1. The highest BCUT2D eigenvalue weighted by atomic mass is 79.9. The van der Waals surface area contributed by atoms with Crippen LogP contribution >= 0.6 is 15.9 Å². The van der Waals surface area contributed by atoms with Crippen molar-refractivity contribution < 1.29 is 0 Å². The molecule has 0 unspecified atom stereocenters. The Hall–Kier alpha value is -1.43. The van der Waals surface area contributed by atoms with Crippen LogP contribution in [0.25, 0.3) is 5.82 Å². The van der Waals surface area contributed by atoms with Gasteiger partial charge in [-0.15, -0.1) is 0 Å². The number of hydrogen-bond donors (Lipinski definition) is 1. The summed E-state index contributed by atoms with van der Waals surface area (Å²) in [4.78, 5) is 20.1. The fourth-order valence-corrected chi connectivity index (χ4v) is 2.26. The van der Waals surface area contributed by atoms with Crippen LogP contribution < -0.4 is 5.56 Å². The van der Waals surface area contributed by atoms with Crippen LogP contribution in [0, 0.1) is 6.92 Å². The van der Waals surface area contributed by atoms with Crippen molar-refractivity contribution >= 4 is 15.9 Å². The van der Waals surface area contributed by atoms with Crippen LogP contribution in [0.1, 0.15) is 31.2 Å². The molecule has 90 valence electrons. The van der Waals surface area contributed by atoms with Crippen LogP contribution in [-0.4, -0.2) is 19.7 Å². The van der Waals surface area contributed by atoms with Gasteiger partial charge in [-0.25, -0.2) is 14.6 Å². The third-order valence-corrected chi connectivity index (χ3v) is 3.22. The Kier molecular flexibility index (Phi) is 3.15. The van der Waals surface area contributed by atoms with Crippen LogP contribution in [0.2, 0.25) is 0 Å². The lowest BCUT2D eigenvalue weighted by Gasteiger charge is -2.03. The molecule has 6 heteroatoms. The molecule has 0 aliphatic carbocycles. The fourth-order valence-electron chi connectivity index (χ4n) is 1.54. The van der Waals surface area contributed by atoms with Crippen molar-refractivity contribution in [1.29, 1.82) is 0 Å². The minimum atomic E-state index is -0.133. The number of aryl methyl sites for hydroxylation is 1. The molecule has 0 spiro atoms. The monoisotopic (exact) mass is 296 g/mol. The van der Waals surface area contributed by atoms with Crippen molar-refractivity contribution in [3.63, 3.8) is 0 Å². The molecule has 0 fully saturated rings. The molecule has 5 nitrogen and oxygen atoms in total. The SMILES string of the molecule is Cc1cc(-n2[nH]c(C(C)C)c(Br)c2=O)ncn1. The van der Waals surface area contributed by atoms with Gasteiger partial charge >= 0.3 is 0 Å². The lowest BCUT2D eigenvalue weighted by Crippen LogP contribution is -2.16. The number of aromatic amines is 1. The van der Waals surface area contributed by atoms with E-state index in [-0.39, 0.29) is 11.5 Å². The van der Waals surface area contributed by atoms with Crippen molar-refractivity contribution in [1.82, 2.24) is 19.7 Å². The molecule has 0 aliphatic heterocycles. The molecular weight excluding hydrogens is 284 g/mol. The number of hydrogen-bond acceptors (Lipinski definition) is 3. The maximum Gasteiger partial charge on any atom is 0.287 e. The Morgan fingerprint density at radius 3 is 2.65 bits per heavy atom. The third kappa shape index (κ3) is 2.17. The minimum absolute atomic E-state index is 0.133. The van der Waals surface area contributed by atoms with Gasteiger partial charge in [-0.1, -0.05) is 13.8 Å². The predicted octanol–water partition coefficient (Wildman–Crippen LogP) is 2.15. The van der Waals surface area contributed by atoms with Crippen molar-refractivity contribution in [2.24, 2.45) is 0 Å². The van der Waals surface area contributed by atoms with E-state index in [0.29, 0.717) is 10.3 Å². The Morgan fingerprint density at radius 1 is 1.41 bits per heavy atom. The molecule has 2 aromatic rings. The van der Waals surface area contributed by atoms with Crippen molar-refractivity contribution in [2.75, 3.05) is 0 Å². The molecule has 17 heavy (non-hydrogen) atoms. The van der Waals surface area contributed by atoms with Gasteiger partial charge in [-0.05, 0) is 28.8 Å². The van der Waals surface area contributed by atoms with Crippen molar-refractivity contribution in [3.05, 3.63) is 38.6 Å². The van der Waals surface area contributed by atoms with Crippen LogP contribution in [-0.2, 0) is 0 Å². The predicted molar refractivity (Wildman–Crippen MR) is 68.5 cm³/mol. The molecule has 2 rings (SSSR count). The maximum atomic E-state index is 12.0. The van der Waals surface area contributed by atoms with E-state index in [1.54, 1.807) is 6.07 Å². The van der Waals surface area contributed by atoms with Gasteiger partial charge in [-0.3, -0.25) is 9.89 Å². The average molecular weight is 297 g/mol. The van der Waals surface area contributed by atoms with E-state index in [9.17, 15) is 4.79 Å². The highest BCUT2D eigenvalue weighted by Crippen LogP contribution is 2.20. The molecule has 0 aliphatic rings. The number of nitrogens with zero attached hydrogens (tertiary/aromatic N) is 3. The first-order valence-corrected chi connectivity index (χ1v) is 6.09. The van der Waals surface area contributed by atoms with Gasteiger partial charge in [0, 0.05) is 11.8 Å². The summed E-state index contributed by atoms with van der Waals surface area (Å²) in [7, 11) is 0. The topological polar surface area (TPSA) is 63.6 Å². The second-order valence-corrected chi connectivity index (χ2v) is 4.95. The van der Waals surface area contributed by atoms with E-state index in [1.165, 1.54) is 11.0 Å². The van der Waals surface area contributed by atoms with E-state index in [1.807, 2.05) is 20.8 Å². The average Bonchev–Trinajstić information content (AvgIpc) is 2.56. The summed E-state index contributed by atoms with van der Waals surface area (Å²) in [5.41, 5.74) is 1.55. The molecule has 0 radical (unpaired) electrons. The molecule has 0 atom stereocenters. The zero-order chi connectivity index (χ0) is 12.6.